The van der Waals surface area contributed by atoms with E-state index in [1.165, 1.54) is 0 Å². The highest BCUT2D eigenvalue weighted by molar-refractivity contribution is 5.53. The molecular formula is C13H15N3O. The molecule has 0 spiro atoms. The molecule has 2 aromatic rings. The Balaban J connectivity index is 2.08. The second-order valence-electron chi connectivity index (χ2n) is 3.92. The van der Waals surface area contributed by atoms with E-state index in [1.807, 2.05) is 25.1 Å². The van der Waals surface area contributed by atoms with Crippen LogP contribution in [0.3, 0.4) is 0 Å². The van der Waals surface area contributed by atoms with E-state index >= 15 is 0 Å². The van der Waals surface area contributed by atoms with Crippen molar-refractivity contribution >= 4 is 11.5 Å². The number of hydrogen-bond donors (Lipinski definition) is 3. The lowest BCUT2D eigenvalue weighted by Gasteiger charge is -2.08. The number of phenolic OH excluding ortho intramolecular Hbond substituents is 1. The summed E-state index contributed by atoms with van der Waals surface area (Å²) in [7, 11) is 0. The van der Waals surface area contributed by atoms with Gasteiger partial charge in [-0.05, 0) is 36.2 Å². The van der Waals surface area contributed by atoms with Crippen LogP contribution in [0.5, 0.6) is 5.75 Å². The SMILES string of the molecule is Cc1cccnc1NCc1ccc(N)c(O)c1. The van der Waals surface area contributed by atoms with Crippen LogP contribution in [-0.2, 0) is 6.54 Å². The third-order valence-corrected chi connectivity index (χ3v) is 2.56. The monoisotopic (exact) mass is 229 g/mol. The van der Waals surface area contributed by atoms with Gasteiger partial charge in [0.2, 0.25) is 0 Å². The first kappa shape index (κ1) is 11.3. The molecule has 4 N–H and O–H groups in total. The fraction of sp³-hybridized carbons (Fsp3) is 0.154. The summed E-state index contributed by atoms with van der Waals surface area (Å²) >= 11 is 0. The van der Waals surface area contributed by atoms with Crippen LogP contribution >= 0.6 is 0 Å². The van der Waals surface area contributed by atoms with Crippen molar-refractivity contribution in [2.45, 2.75) is 13.5 Å². The number of aryl methyl sites for hydroxylation is 1. The number of anilines is 2. The van der Waals surface area contributed by atoms with E-state index in [1.54, 1.807) is 18.3 Å². The van der Waals surface area contributed by atoms with Gasteiger partial charge < -0.3 is 16.2 Å². The molecule has 1 heterocycles. The molecule has 1 aromatic carbocycles. The van der Waals surface area contributed by atoms with Crippen LogP contribution in [0.4, 0.5) is 11.5 Å². The second kappa shape index (κ2) is 4.74. The van der Waals surface area contributed by atoms with Gasteiger partial charge in [0, 0.05) is 12.7 Å². The number of pyridine rings is 1. The summed E-state index contributed by atoms with van der Waals surface area (Å²) < 4.78 is 0. The molecule has 0 unspecified atom stereocenters. The van der Waals surface area contributed by atoms with E-state index in [0.29, 0.717) is 12.2 Å². The number of aromatic nitrogens is 1. The Morgan fingerprint density at radius 3 is 2.88 bits per heavy atom. The Hall–Kier alpha value is -2.23. The normalized spacial score (nSPS) is 10.2. The molecule has 2 rings (SSSR count). The molecule has 0 saturated heterocycles. The molecule has 4 nitrogen and oxygen atoms in total. The van der Waals surface area contributed by atoms with Gasteiger partial charge in [0.1, 0.15) is 11.6 Å². The quantitative estimate of drug-likeness (QED) is 0.558. The van der Waals surface area contributed by atoms with Gasteiger partial charge in [-0.15, -0.1) is 0 Å². The molecule has 0 saturated carbocycles. The third kappa shape index (κ3) is 2.66. The largest absolute Gasteiger partial charge is 0.506 e. The minimum atomic E-state index is 0.113. The lowest BCUT2D eigenvalue weighted by Crippen LogP contribution is -2.03. The Labute approximate surface area is 100 Å². The predicted octanol–water partition coefficient (Wildman–Crippen LogP) is 2.29. The molecule has 0 amide bonds. The van der Waals surface area contributed by atoms with Gasteiger partial charge in [-0.3, -0.25) is 0 Å². The first-order valence-corrected chi connectivity index (χ1v) is 5.39. The molecule has 17 heavy (non-hydrogen) atoms. The molecule has 0 bridgehead atoms. The van der Waals surface area contributed by atoms with Crippen LogP contribution in [0.2, 0.25) is 0 Å². The summed E-state index contributed by atoms with van der Waals surface area (Å²) in [4.78, 5) is 4.24. The number of nitrogens with zero attached hydrogens (tertiary/aromatic N) is 1. The number of aromatic hydroxyl groups is 1. The molecule has 0 aliphatic carbocycles. The van der Waals surface area contributed by atoms with Gasteiger partial charge in [0.15, 0.2) is 0 Å². The number of nitrogens with two attached hydrogens (primary N) is 1. The lowest BCUT2D eigenvalue weighted by atomic mass is 10.2. The van der Waals surface area contributed by atoms with Crippen molar-refractivity contribution in [3.05, 3.63) is 47.7 Å². The van der Waals surface area contributed by atoms with E-state index in [-0.39, 0.29) is 5.75 Å². The number of hydrogen-bond acceptors (Lipinski definition) is 4. The van der Waals surface area contributed by atoms with Gasteiger partial charge in [-0.2, -0.15) is 0 Å². The minimum absolute atomic E-state index is 0.113. The molecule has 88 valence electrons. The lowest BCUT2D eigenvalue weighted by molar-refractivity contribution is 0.477. The predicted molar refractivity (Wildman–Crippen MR) is 68.8 cm³/mol. The second-order valence-corrected chi connectivity index (χ2v) is 3.92. The Kier molecular flexibility index (Phi) is 3.14. The topological polar surface area (TPSA) is 71.2 Å². The molecular weight excluding hydrogens is 214 g/mol. The van der Waals surface area contributed by atoms with Crippen molar-refractivity contribution < 1.29 is 5.11 Å². The zero-order valence-electron chi connectivity index (χ0n) is 9.64. The first-order chi connectivity index (χ1) is 8.16. The maximum Gasteiger partial charge on any atom is 0.138 e. The summed E-state index contributed by atoms with van der Waals surface area (Å²) in [5.74, 6) is 0.964. The Morgan fingerprint density at radius 2 is 2.18 bits per heavy atom. The van der Waals surface area contributed by atoms with Crippen LogP contribution in [0.15, 0.2) is 36.5 Å². The number of benzene rings is 1. The van der Waals surface area contributed by atoms with E-state index in [4.69, 9.17) is 5.73 Å². The molecule has 0 fully saturated rings. The summed E-state index contributed by atoms with van der Waals surface area (Å²) in [6.45, 7) is 2.60. The first-order valence-electron chi connectivity index (χ1n) is 5.39. The number of phenols is 1. The van der Waals surface area contributed by atoms with Gasteiger partial charge in [0.05, 0.1) is 5.69 Å². The van der Waals surface area contributed by atoms with Crippen LogP contribution in [-0.4, -0.2) is 10.1 Å². The maximum atomic E-state index is 9.48. The smallest absolute Gasteiger partial charge is 0.138 e. The average molecular weight is 229 g/mol. The van der Waals surface area contributed by atoms with E-state index in [0.717, 1.165) is 16.9 Å². The zero-order valence-corrected chi connectivity index (χ0v) is 9.64. The number of nitrogens with one attached hydrogen (secondary N) is 1. The molecule has 0 aliphatic heterocycles. The van der Waals surface area contributed by atoms with E-state index in [9.17, 15) is 5.11 Å². The molecule has 0 aliphatic rings. The summed E-state index contributed by atoms with van der Waals surface area (Å²) in [5.41, 5.74) is 7.98. The van der Waals surface area contributed by atoms with Gasteiger partial charge in [-0.1, -0.05) is 12.1 Å². The van der Waals surface area contributed by atoms with Gasteiger partial charge >= 0.3 is 0 Å². The van der Waals surface area contributed by atoms with Crippen LogP contribution in [0.1, 0.15) is 11.1 Å². The fourth-order valence-corrected chi connectivity index (χ4v) is 1.56. The summed E-state index contributed by atoms with van der Waals surface area (Å²) in [6, 6.07) is 9.11. The standard InChI is InChI=1S/C13H15N3O/c1-9-3-2-6-15-13(9)16-8-10-4-5-11(14)12(17)7-10/h2-7,17H,8,14H2,1H3,(H,15,16). The molecule has 0 radical (unpaired) electrons. The number of rotatable bonds is 3. The van der Waals surface area contributed by atoms with Crippen molar-refractivity contribution in [1.29, 1.82) is 0 Å². The summed E-state index contributed by atoms with van der Waals surface area (Å²) in [5, 5.41) is 12.7. The van der Waals surface area contributed by atoms with Crippen LogP contribution in [0, 0.1) is 6.92 Å². The van der Waals surface area contributed by atoms with Gasteiger partial charge in [-0.25, -0.2) is 4.98 Å². The van der Waals surface area contributed by atoms with Crippen molar-refractivity contribution in [1.82, 2.24) is 4.98 Å². The Bertz CT molecular complexity index is 526. The van der Waals surface area contributed by atoms with Crippen molar-refractivity contribution in [2.75, 3.05) is 11.1 Å². The zero-order chi connectivity index (χ0) is 12.3. The summed E-state index contributed by atoms with van der Waals surface area (Å²) in [6.07, 6.45) is 1.75. The minimum Gasteiger partial charge on any atom is -0.506 e. The van der Waals surface area contributed by atoms with Crippen LogP contribution < -0.4 is 11.1 Å². The van der Waals surface area contributed by atoms with Gasteiger partial charge in [0.25, 0.3) is 0 Å². The highest BCUT2D eigenvalue weighted by Crippen LogP contribution is 2.21. The van der Waals surface area contributed by atoms with Crippen molar-refractivity contribution in [3.63, 3.8) is 0 Å². The van der Waals surface area contributed by atoms with Crippen LogP contribution in [0.25, 0.3) is 0 Å². The average Bonchev–Trinajstić information content (AvgIpc) is 2.32. The highest BCUT2D eigenvalue weighted by Gasteiger charge is 2.01. The molecule has 0 atom stereocenters. The molecule has 4 heteroatoms. The Morgan fingerprint density at radius 1 is 1.35 bits per heavy atom. The highest BCUT2D eigenvalue weighted by atomic mass is 16.3. The molecule has 1 aromatic heterocycles. The van der Waals surface area contributed by atoms with E-state index in [2.05, 4.69) is 10.3 Å². The fourth-order valence-electron chi connectivity index (χ4n) is 1.56. The van der Waals surface area contributed by atoms with Crippen molar-refractivity contribution in [3.8, 4) is 5.75 Å². The maximum absolute atomic E-state index is 9.48. The third-order valence-electron chi connectivity index (χ3n) is 2.56. The van der Waals surface area contributed by atoms with E-state index < -0.39 is 0 Å². The van der Waals surface area contributed by atoms with Crippen molar-refractivity contribution in [2.24, 2.45) is 0 Å². The number of nitrogen functional groups attached to an aromatic ring is 1.